The third-order valence-electron chi connectivity index (χ3n) is 4.46. The van der Waals surface area contributed by atoms with E-state index in [1.807, 2.05) is 43.3 Å². The summed E-state index contributed by atoms with van der Waals surface area (Å²) in [6.07, 6.45) is 2.16. The number of methoxy groups -OCH3 is 1. The molecule has 0 amide bonds. The highest BCUT2D eigenvalue weighted by Gasteiger charge is 2.22. The van der Waals surface area contributed by atoms with Crippen molar-refractivity contribution in [2.24, 2.45) is 0 Å². The van der Waals surface area contributed by atoms with E-state index in [0.717, 1.165) is 22.6 Å². The van der Waals surface area contributed by atoms with Crippen LogP contribution in [0, 0.1) is 6.92 Å². The third kappa shape index (κ3) is 4.59. The van der Waals surface area contributed by atoms with Gasteiger partial charge in [-0.15, -0.1) is 0 Å². The summed E-state index contributed by atoms with van der Waals surface area (Å²) in [5, 5.41) is 0. The van der Waals surface area contributed by atoms with E-state index in [9.17, 15) is 8.42 Å². The zero-order valence-corrected chi connectivity index (χ0v) is 16.2. The number of furan rings is 1. The Hall–Kier alpha value is -2.57. The van der Waals surface area contributed by atoms with Crippen LogP contribution in [0.15, 0.2) is 76.2 Å². The van der Waals surface area contributed by atoms with Crippen LogP contribution in [0.4, 0.5) is 0 Å². The fourth-order valence-electron chi connectivity index (χ4n) is 3.03. The Kier molecular flexibility index (Phi) is 5.98. The lowest BCUT2D eigenvalue weighted by Crippen LogP contribution is -2.26. The Labute approximate surface area is 160 Å². The molecule has 2 aromatic carbocycles. The summed E-state index contributed by atoms with van der Waals surface area (Å²) >= 11 is 0. The van der Waals surface area contributed by atoms with Crippen LogP contribution in [0.25, 0.3) is 0 Å². The van der Waals surface area contributed by atoms with Crippen LogP contribution in [-0.2, 0) is 10.0 Å². The third-order valence-corrected chi connectivity index (χ3v) is 5.93. The van der Waals surface area contributed by atoms with Gasteiger partial charge in [-0.25, -0.2) is 13.1 Å². The Morgan fingerprint density at radius 2 is 1.78 bits per heavy atom. The second-order valence-electron chi connectivity index (χ2n) is 6.31. The monoisotopic (exact) mass is 385 g/mol. The molecule has 1 atom stereocenters. The van der Waals surface area contributed by atoms with Crippen LogP contribution in [0.1, 0.15) is 29.2 Å². The molecule has 0 radical (unpaired) electrons. The quantitative estimate of drug-likeness (QED) is 0.634. The normalized spacial score (nSPS) is 12.7. The van der Waals surface area contributed by atoms with Crippen LogP contribution in [-0.4, -0.2) is 22.1 Å². The first-order valence-electron chi connectivity index (χ1n) is 8.74. The summed E-state index contributed by atoms with van der Waals surface area (Å²) < 4.78 is 38.8. The van der Waals surface area contributed by atoms with Crippen molar-refractivity contribution in [3.63, 3.8) is 0 Å². The van der Waals surface area contributed by atoms with Gasteiger partial charge in [0.05, 0.1) is 18.3 Å². The van der Waals surface area contributed by atoms with Crippen LogP contribution in [0.2, 0.25) is 0 Å². The van der Waals surface area contributed by atoms with Gasteiger partial charge >= 0.3 is 0 Å². The maximum absolute atomic E-state index is 12.5. The number of rotatable bonds is 8. The SMILES string of the molecule is COc1ccccc1[C@@H](CCNS(=O)(=O)c1ccc(C)cc1)c1ccco1. The van der Waals surface area contributed by atoms with Crippen molar-refractivity contribution in [3.05, 3.63) is 83.8 Å². The largest absolute Gasteiger partial charge is 0.496 e. The molecule has 6 heteroatoms. The van der Waals surface area contributed by atoms with Crippen molar-refractivity contribution >= 4 is 10.0 Å². The summed E-state index contributed by atoms with van der Waals surface area (Å²) in [6.45, 7) is 2.20. The summed E-state index contributed by atoms with van der Waals surface area (Å²) in [7, 11) is -1.93. The fraction of sp³-hybridized carbons (Fsp3) is 0.238. The van der Waals surface area contributed by atoms with E-state index in [4.69, 9.17) is 9.15 Å². The van der Waals surface area contributed by atoms with Gasteiger partial charge in [-0.3, -0.25) is 0 Å². The average Bonchev–Trinajstić information content (AvgIpc) is 3.20. The first kappa shape index (κ1) is 19.2. The molecule has 0 aliphatic carbocycles. The highest BCUT2D eigenvalue weighted by Crippen LogP contribution is 2.34. The van der Waals surface area contributed by atoms with E-state index in [1.54, 1.807) is 37.6 Å². The molecule has 0 bridgehead atoms. The van der Waals surface area contributed by atoms with Crippen LogP contribution in [0.5, 0.6) is 5.75 Å². The van der Waals surface area contributed by atoms with Gasteiger partial charge < -0.3 is 9.15 Å². The molecule has 3 rings (SSSR count). The van der Waals surface area contributed by atoms with E-state index in [0.29, 0.717) is 6.42 Å². The number of nitrogens with one attached hydrogen (secondary N) is 1. The first-order valence-corrected chi connectivity index (χ1v) is 10.2. The molecule has 0 aliphatic rings. The molecule has 3 aromatic rings. The molecule has 1 aromatic heterocycles. The summed E-state index contributed by atoms with van der Waals surface area (Å²) in [5.41, 5.74) is 1.98. The predicted octanol–water partition coefficient (Wildman–Crippen LogP) is 4.10. The predicted molar refractivity (Wildman–Crippen MR) is 105 cm³/mol. The Morgan fingerprint density at radius 3 is 2.44 bits per heavy atom. The number of aryl methyl sites for hydroxylation is 1. The number of ether oxygens (including phenoxy) is 1. The highest BCUT2D eigenvalue weighted by molar-refractivity contribution is 7.89. The van der Waals surface area contributed by atoms with E-state index < -0.39 is 10.0 Å². The molecule has 0 saturated heterocycles. The van der Waals surface area contributed by atoms with Gasteiger partial charge in [-0.05, 0) is 43.7 Å². The zero-order chi connectivity index (χ0) is 19.3. The average molecular weight is 385 g/mol. The van der Waals surface area contributed by atoms with Gasteiger partial charge in [-0.1, -0.05) is 35.9 Å². The molecule has 0 saturated carbocycles. The number of hydrogen-bond acceptors (Lipinski definition) is 4. The molecule has 0 spiro atoms. The van der Waals surface area contributed by atoms with E-state index in [1.165, 1.54) is 0 Å². The molecule has 1 N–H and O–H groups in total. The molecule has 0 unspecified atom stereocenters. The lowest BCUT2D eigenvalue weighted by Gasteiger charge is -2.18. The number of hydrogen-bond donors (Lipinski definition) is 1. The Morgan fingerprint density at radius 1 is 1.04 bits per heavy atom. The Balaban J connectivity index is 1.77. The summed E-state index contributed by atoms with van der Waals surface area (Å²) in [6, 6.07) is 18.2. The van der Waals surface area contributed by atoms with Crippen molar-refractivity contribution in [1.29, 1.82) is 0 Å². The smallest absolute Gasteiger partial charge is 0.240 e. The minimum absolute atomic E-state index is 0.114. The topological polar surface area (TPSA) is 68.5 Å². The van der Waals surface area contributed by atoms with E-state index >= 15 is 0 Å². The molecular weight excluding hydrogens is 362 g/mol. The molecule has 27 heavy (non-hydrogen) atoms. The van der Waals surface area contributed by atoms with Crippen molar-refractivity contribution < 1.29 is 17.6 Å². The van der Waals surface area contributed by atoms with Gasteiger partial charge in [0.25, 0.3) is 0 Å². The lowest BCUT2D eigenvalue weighted by atomic mass is 9.92. The molecule has 0 aliphatic heterocycles. The van der Waals surface area contributed by atoms with Gasteiger partial charge in [0.15, 0.2) is 0 Å². The van der Waals surface area contributed by atoms with Gasteiger partial charge in [-0.2, -0.15) is 0 Å². The molecular formula is C21H23NO4S. The van der Waals surface area contributed by atoms with E-state index in [2.05, 4.69) is 4.72 Å². The zero-order valence-electron chi connectivity index (χ0n) is 15.4. The van der Waals surface area contributed by atoms with Crippen LogP contribution >= 0.6 is 0 Å². The minimum Gasteiger partial charge on any atom is -0.496 e. The fourth-order valence-corrected chi connectivity index (χ4v) is 4.08. The summed E-state index contributed by atoms with van der Waals surface area (Å²) in [4.78, 5) is 0.264. The van der Waals surface area contributed by atoms with Gasteiger partial charge in [0.1, 0.15) is 11.5 Å². The Bertz CT molecular complexity index is 964. The van der Waals surface area contributed by atoms with Crippen LogP contribution in [0.3, 0.4) is 0 Å². The minimum atomic E-state index is -3.55. The van der Waals surface area contributed by atoms with Gasteiger partial charge in [0.2, 0.25) is 10.0 Å². The molecule has 1 heterocycles. The maximum atomic E-state index is 12.5. The van der Waals surface area contributed by atoms with Crippen molar-refractivity contribution in [2.75, 3.05) is 13.7 Å². The second-order valence-corrected chi connectivity index (χ2v) is 8.08. The summed E-state index contributed by atoms with van der Waals surface area (Å²) in [5.74, 6) is 1.41. The number of benzene rings is 2. The van der Waals surface area contributed by atoms with Crippen molar-refractivity contribution in [3.8, 4) is 5.75 Å². The number of para-hydroxylation sites is 1. The maximum Gasteiger partial charge on any atom is 0.240 e. The lowest BCUT2D eigenvalue weighted by molar-refractivity contribution is 0.400. The first-order chi connectivity index (χ1) is 13.0. The standard InChI is InChI=1S/C21H23NO4S/c1-16-9-11-17(12-10-16)27(23,24)22-14-13-19(21-8-5-15-26-21)18-6-3-4-7-20(18)25-2/h3-12,15,19,22H,13-14H2,1-2H3/t19-/m1/s1. The molecule has 0 fully saturated rings. The molecule has 142 valence electrons. The molecule has 5 nitrogen and oxygen atoms in total. The van der Waals surface area contributed by atoms with Crippen molar-refractivity contribution in [1.82, 2.24) is 4.72 Å². The second kappa shape index (κ2) is 8.41. The van der Waals surface area contributed by atoms with Crippen molar-refractivity contribution in [2.45, 2.75) is 24.2 Å². The number of sulfonamides is 1. The van der Waals surface area contributed by atoms with Gasteiger partial charge in [0, 0.05) is 18.0 Å². The highest BCUT2D eigenvalue weighted by atomic mass is 32.2. The van der Waals surface area contributed by atoms with E-state index in [-0.39, 0.29) is 17.4 Å². The van der Waals surface area contributed by atoms with Crippen LogP contribution < -0.4 is 9.46 Å².